The molecule has 3 aromatic carbocycles. The monoisotopic (exact) mass is 528 g/mol. The van der Waals surface area contributed by atoms with Crippen molar-refractivity contribution < 1.29 is 23.9 Å². The van der Waals surface area contributed by atoms with Crippen LogP contribution in [0.1, 0.15) is 28.8 Å². The zero-order chi connectivity index (χ0) is 28.1. The first-order valence-corrected chi connectivity index (χ1v) is 12.6. The molecular weight excluding hydrogens is 496 g/mol. The number of amidine groups is 1. The number of nitrogens with two attached hydrogens (primary N) is 1. The number of para-hydroxylation sites is 1. The van der Waals surface area contributed by atoms with Gasteiger partial charge in [0.15, 0.2) is 0 Å². The molecular formula is C30H32N4O5. The number of carbonyl (C=O) groups is 3. The van der Waals surface area contributed by atoms with Gasteiger partial charge >= 0.3 is 5.97 Å². The molecule has 3 aromatic rings. The Labute approximate surface area is 227 Å². The summed E-state index contributed by atoms with van der Waals surface area (Å²) in [6, 6.07) is 21.6. The van der Waals surface area contributed by atoms with E-state index in [0.717, 1.165) is 11.1 Å². The molecule has 0 aromatic heterocycles. The Hall–Kier alpha value is -4.66. The highest BCUT2D eigenvalue weighted by atomic mass is 16.5. The Bertz CT molecular complexity index is 1370. The van der Waals surface area contributed by atoms with Crippen molar-refractivity contribution in [3.8, 4) is 16.9 Å². The molecule has 2 atom stereocenters. The summed E-state index contributed by atoms with van der Waals surface area (Å²) in [5.74, 6) is -0.847. The number of carbonyl (C=O) groups excluding carboxylic acids is 3. The molecule has 4 rings (SSSR count). The highest BCUT2D eigenvalue weighted by molar-refractivity contribution is 6.07. The first kappa shape index (κ1) is 27.4. The van der Waals surface area contributed by atoms with Gasteiger partial charge in [-0.05, 0) is 41.8 Å². The van der Waals surface area contributed by atoms with Crippen molar-refractivity contribution >= 4 is 29.3 Å². The average molecular weight is 529 g/mol. The van der Waals surface area contributed by atoms with Crippen molar-refractivity contribution in [2.75, 3.05) is 32.7 Å². The van der Waals surface area contributed by atoms with Gasteiger partial charge in [0.25, 0.3) is 5.91 Å². The fourth-order valence-electron chi connectivity index (χ4n) is 4.71. The third-order valence-corrected chi connectivity index (χ3v) is 6.78. The molecule has 0 aliphatic carbocycles. The SMILES string of the molecule is COC(=O)C[C@@H]1C[C@@H](COc2ccc(-c3ccc(C(=N)N)cc3)cc2)N(c2ccccc2C(=O)N(C)C)C1=O. The maximum atomic E-state index is 13.5. The number of amides is 2. The van der Waals surface area contributed by atoms with Crippen LogP contribution < -0.4 is 15.4 Å². The molecule has 0 spiro atoms. The van der Waals surface area contributed by atoms with Crippen LogP contribution in [-0.2, 0) is 14.3 Å². The van der Waals surface area contributed by atoms with Gasteiger partial charge in [0.2, 0.25) is 5.91 Å². The maximum absolute atomic E-state index is 13.5. The van der Waals surface area contributed by atoms with Gasteiger partial charge in [0.05, 0.1) is 36.7 Å². The molecule has 1 fully saturated rings. The molecule has 1 aliphatic heterocycles. The summed E-state index contributed by atoms with van der Waals surface area (Å²) in [5, 5.41) is 7.54. The van der Waals surface area contributed by atoms with Crippen LogP contribution in [0, 0.1) is 11.3 Å². The predicted molar refractivity (Wildman–Crippen MR) is 149 cm³/mol. The molecule has 0 radical (unpaired) electrons. The lowest BCUT2D eigenvalue weighted by Gasteiger charge is -2.27. The number of benzene rings is 3. The highest BCUT2D eigenvalue weighted by Gasteiger charge is 2.43. The molecule has 1 aliphatic rings. The van der Waals surface area contributed by atoms with Crippen LogP contribution in [0.5, 0.6) is 5.75 Å². The van der Waals surface area contributed by atoms with Gasteiger partial charge in [-0.1, -0.05) is 48.5 Å². The number of methoxy groups -OCH3 is 1. The van der Waals surface area contributed by atoms with Crippen LogP contribution in [0.3, 0.4) is 0 Å². The summed E-state index contributed by atoms with van der Waals surface area (Å²) in [4.78, 5) is 41.5. The second-order valence-corrected chi connectivity index (χ2v) is 9.62. The summed E-state index contributed by atoms with van der Waals surface area (Å²) in [6.45, 7) is 0.181. The molecule has 1 saturated heterocycles. The third-order valence-electron chi connectivity index (χ3n) is 6.78. The van der Waals surface area contributed by atoms with E-state index in [1.165, 1.54) is 12.0 Å². The molecule has 39 heavy (non-hydrogen) atoms. The number of hydrogen-bond acceptors (Lipinski definition) is 6. The summed E-state index contributed by atoms with van der Waals surface area (Å²) < 4.78 is 10.9. The Morgan fingerprint density at radius 1 is 1.00 bits per heavy atom. The summed E-state index contributed by atoms with van der Waals surface area (Å²) >= 11 is 0. The molecule has 9 nitrogen and oxygen atoms in total. The minimum Gasteiger partial charge on any atom is -0.491 e. The Morgan fingerprint density at radius 3 is 2.21 bits per heavy atom. The first-order chi connectivity index (χ1) is 18.7. The Kier molecular flexibility index (Phi) is 8.29. The molecule has 1 heterocycles. The fourth-order valence-corrected chi connectivity index (χ4v) is 4.71. The number of rotatable bonds is 9. The molecule has 2 amide bonds. The van der Waals surface area contributed by atoms with E-state index in [9.17, 15) is 14.4 Å². The van der Waals surface area contributed by atoms with Crippen LogP contribution >= 0.6 is 0 Å². The van der Waals surface area contributed by atoms with Crippen LogP contribution in [0.4, 0.5) is 5.69 Å². The van der Waals surface area contributed by atoms with Gasteiger partial charge < -0.3 is 25.0 Å². The lowest BCUT2D eigenvalue weighted by molar-refractivity contribution is -0.143. The van der Waals surface area contributed by atoms with Crippen LogP contribution in [0.25, 0.3) is 11.1 Å². The fraction of sp³-hybridized carbons (Fsp3) is 0.267. The molecule has 0 bridgehead atoms. The minimum absolute atomic E-state index is 0.0206. The second-order valence-electron chi connectivity index (χ2n) is 9.62. The number of anilines is 1. The summed E-state index contributed by atoms with van der Waals surface area (Å²) in [6.07, 6.45) is 0.349. The van der Waals surface area contributed by atoms with E-state index < -0.39 is 11.9 Å². The number of ether oxygens (including phenoxy) is 2. The van der Waals surface area contributed by atoms with Crippen LogP contribution in [0.15, 0.2) is 72.8 Å². The zero-order valence-electron chi connectivity index (χ0n) is 22.2. The Morgan fingerprint density at radius 2 is 1.62 bits per heavy atom. The van der Waals surface area contributed by atoms with E-state index in [2.05, 4.69) is 0 Å². The maximum Gasteiger partial charge on any atom is 0.306 e. The summed E-state index contributed by atoms with van der Waals surface area (Å²) in [7, 11) is 4.62. The molecule has 202 valence electrons. The second kappa shape index (κ2) is 11.8. The van der Waals surface area contributed by atoms with Crippen LogP contribution in [-0.4, -0.2) is 62.4 Å². The number of nitrogens with zero attached hydrogens (tertiary/aromatic N) is 2. The molecule has 0 unspecified atom stereocenters. The number of esters is 1. The van der Waals surface area contributed by atoms with Crippen LogP contribution in [0.2, 0.25) is 0 Å². The van der Waals surface area contributed by atoms with Crippen molar-refractivity contribution in [2.24, 2.45) is 11.7 Å². The zero-order valence-corrected chi connectivity index (χ0v) is 22.2. The van der Waals surface area contributed by atoms with Gasteiger partial charge in [0, 0.05) is 19.7 Å². The van der Waals surface area contributed by atoms with Gasteiger partial charge in [-0.3, -0.25) is 19.8 Å². The van der Waals surface area contributed by atoms with Crippen molar-refractivity contribution in [1.29, 1.82) is 5.41 Å². The molecule has 3 N–H and O–H groups in total. The van der Waals surface area contributed by atoms with Crippen molar-refractivity contribution in [3.63, 3.8) is 0 Å². The van der Waals surface area contributed by atoms with Crippen molar-refractivity contribution in [3.05, 3.63) is 83.9 Å². The minimum atomic E-state index is -0.575. The largest absolute Gasteiger partial charge is 0.491 e. The molecule has 9 heteroatoms. The lowest BCUT2D eigenvalue weighted by atomic mass is 10.0. The number of nitrogen functional groups attached to an aromatic ring is 1. The topological polar surface area (TPSA) is 126 Å². The van der Waals surface area contributed by atoms with E-state index in [-0.39, 0.29) is 36.7 Å². The van der Waals surface area contributed by atoms with Gasteiger partial charge in [-0.25, -0.2) is 0 Å². The lowest BCUT2D eigenvalue weighted by Crippen LogP contribution is -2.39. The van der Waals surface area contributed by atoms with E-state index in [4.69, 9.17) is 20.6 Å². The van der Waals surface area contributed by atoms with E-state index in [0.29, 0.717) is 29.0 Å². The van der Waals surface area contributed by atoms with Gasteiger partial charge in [0.1, 0.15) is 18.2 Å². The number of hydrogen-bond donors (Lipinski definition) is 2. The third kappa shape index (κ3) is 6.09. The number of nitrogens with one attached hydrogen (secondary N) is 1. The average Bonchev–Trinajstić information content (AvgIpc) is 3.25. The van der Waals surface area contributed by atoms with Crippen molar-refractivity contribution in [2.45, 2.75) is 18.9 Å². The first-order valence-electron chi connectivity index (χ1n) is 12.6. The molecule has 0 saturated carbocycles. The van der Waals surface area contributed by atoms with Gasteiger partial charge in [-0.15, -0.1) is 0 Å². The van der Waals surface area contributed by atoms with E-state index >= 15 is 0 Å². The van der Waals surface area contributed by atoms with E-state index in [1.54, 1.807) is 55.4 Å². The normalized spacial score (nSPS) is 16.6. The smallest absolute Gasteiger partial charge is 0.306 e. The Balaban J connectivity index is 1.55. The van der Waals surface area contributed by atoms with Crippen molar-refractivity contribution in [1.82, 2.24) is 4.90 Å². The summed E-state index contributed by atoms with van der Waals surface area (Å²) in [5.41, 5.74) is 9.05. The predicted octanol–water partition coefficient (Wildman–Crippen LogP) is 3.70. The van der Waals surface area contributed by atoms with E-state index in [1.807, 2.05) is 36.4 Å². The quantitative estimate of drug-likeness (QED) is 0.248. The standard InChI is InChI=1S/C30H32N4O5/c1-33(2)30(37)25-6-4-5-7-26(25)34-23(16-22(29(34)36)17-27(35)38-3)18-39-24-14-12-20(13-15-24)19-8-10-21(11-9-19)28(31)32/h4-15,22-23H,16-18H2,1-3H3,(H3,31,32)/t22-,23-/m0/s1. The highest BCUT2D eigenvalue weighted by Crippen LogP contribution is 2.35. The van der Waals surface area contributed by atoms with Gasteiger partial charge in [-0.2, -0.15) is 0 Å².